The zero-order chi connectivity index (χ0) is 21.6. The Hall–Kier alpha value is -1.11. The number of halogens is 4. The number of likely N-dealkylation sites (N-methyl/N-ethyl adjacent to an activating group) is 1. The van der Waals surface area contributed by atoms with Crippen molar-refractivity contribution in [1.82, 2.24) is 10.2 Å². The zero-order valence-electron chi connectivity index (χ0n) is 15.8. The highest BCUT2D eigenvalue weighted by Crippen LogP contribution is 2.28. The first-order chi connectivity index (χ1) is 13.7. The minimum Gasteiger partial charge on any atom is -0.357 e. The monoisotopic (exact) mass is 492 g/mol. The Morgan fingerprint density at radius 2 is 1.72 bits per heavy atom. The van der Waals surface area contributed by atoms with Gasteiger partial charge in [0, 0.05) is 45.0 Å². The van der Waals surface area contributed by atoms with Gasteiger partial charge in [0.1, 0.15) is 6.04 Å². The fourth-order valence-corrected chi connectivity index (χ4v) is 4.60. The predicted octanol–water partition coefficient (Wildman–Crippen LogP) is 5.70. The van der Waals surface area contributed by atoms with Gasteiger partial charge in [0.25, 0.3) is 0 Å². The van der Waals surface area contributed by atoms with Crippen molar-refractivity contribution in [3.05, 3.63) is 67.6 Å². The van der Waals surface area contributed by atoms with E-state index in [1.165, 1.54) is 23.7 Å². The minimum atomic E-state index is -0.681. The average molecular weight is 494 g/mol. The van der Waals surface area contributed by atoms with Crippen LogP contribution in [0.25, 0.3) is 0 Å². The number of benzene rings is 2. The number of nitrogens with one attached hydrogen (secondary N) is 1. The summed E-state index contributed by atoms with van der Waals surface area (Å²) in [7, 11) is 1.53. The SMILES string of the molecule is CNC(=O)C(C)N(Cc1c(Cl)cccc1Cl)C(=O)CSCc1ccc(Cl)cc1Cl. The second-order valence-electron chi connectivity index (χ2n) is 6.24. The van der Waals surface area contributed by atoms with E-state index in [0.717, 1.165) is 5.56 Å². The first kappa shape index (κ1) is 24.2. The summed E-state index contributed by atoms with van der Waals surface area (Å²) in [6.07, 6.45) is 0. The molecule has 0 aliphatic heterocycles. The minimum absolute atomic E-state index is 0.133. The van der Waals surface area contributed by atoms with E-state index < -0.39 is 6.04 Å². The fraction of sp³-hybridized carbons (Fsp3) is 0.300. The maximum atomic E-state index is 12.9. The van der Waals surface area contributed by atoms with Gasteiger partial charge in [-0.25, -0.2) is 0 Å². The van der Waals surface area contributed by atoms with Crippen LogP contribution < -0.4 is 5.32 Å². The second-order valence-corrected chi connectivity index (χ2v) is 8.88. The van der Waals surface area contributed by atoms with Crippen LogP contribution in [0.4, 0.5) is 0 Å². The molecule has 0 bridgehead atoms. The van der Waals surface area contributed by atoms with Gasteiger partial charge in [-0.3, -0.25) is 9.59 Å². The number of amides is 2. The smallest absolute Gasteiger partial charge is 0.242 e. The van der Waals surface area contributed by atoms with E-state index in [9.17, 15) is 9.59 Å². The second kappa shape index (κ2) is 11.3. The molecule has 1 atom stereocenters. The topological polar surface area (TPSA) is 49.4 Å². The van der Waals surface area contributed by atoms with Crippen molar-refractivity contribution in [3.63, 3.8) is 0 Å². The van der Waals surface area contributed by atoms with Crippen LogP contribution in [0.1, 0.15) is 18.1 Å². The van der Waals surface area contributed by atoms with E-state index >= 15 is 0 Å². The molecule has 2 aromatic carbocycles. The Kier molecular flexibility index (Phi) is 9.44. The van der Waals surface area contributed by atoms with Gasteiger partial charge >= 0.3 is 0 Å². The first-order valence-electron chi connectivity index (χ1n) is 8.70. The normalized spacial score (nSPS) is 11.8. The molecule has 29 heavy (non-hydrogen) atoms. The molecule has 1 unspecified atom stereocenters. The highest BCUT2D eigenvalue weighted by atomic mass is 35.5. The largest absolute Gasteiger partial charge is 0.357 e. The van der Waals surface area contributed by atoms with Crippen molar-refractivity contribution >= 4 is 70.0 Å². The lowest BCUT2D eigenvalue weighted by atomic mass is 10.1. The van der Waals surface area contributed by atoms with Crippen LogP contribution in [0.2, 0.25) is 20.1 Å². The van der Waals surface area contributed by atoms with Crippen LogP contribution in [0.3, 0.4) is 0 Å². The molecule has 0 heterocycles. The van der Waals surface area contributed by atoms with Crippen LogP contribution in [-0.2, 0) is 21.9 Å². The first-order valence-corrected chi connectivity index (χ1v) is 11.4. The molecule has 0 radical (unpaired) electrons. The maximum absolute atomic E-state index is 12.9. The molecular weight excluding hydrogens is 474 g/mol. The molecule has 0 saturated carbocycles. The lowest BCUT2D eigenvalue weighted by molar-refractivity contribution is -0.138. The summed E-state index contributed by atoms with van der Waals surface area (Å²) in [4.78, 5) is 26.6. The molecule has 0 aliphatic rings. The zero-order valence-corrected chi connectivity index (χ0v) is 19.7. The van der Waals surface area contributed by atoms with Gasteiger partial charge in [-0.15, -0.1) is 11.8 Å². The van der Waals surface area contributed by atoms with Gasteiger partial charge in [0.2, 0.25) is 11.8 Å². The number of nitrogens with zero attached hydrogens (tertiary/aromatic N) is 1. The Bertz CT molecular complexity index is 875. The van der Waals surface area contributed by atoms with E-state index in [0.29, 0.717) is 31.4 Å². The summed E-state index contributed by atoms with van der Waals surface area (Å²) in [6.45, 7) is 1.80. The number of carbonyl (C=O) groups excluding carboxylic acids is 2. The molecule has 0 saturated heterocycles. The molecule has 1 N–H and O–H groups in total. The van der Waals surface area contributed by atoms with E-state index in [2.05, 4.69) is 5.32 Å². The van der Waals surface area contributed by atoms with Crippen molar-refractivity contribution in [2.75, 3.05) is 12.8 Å². The Balaban J connectivity index is 2.13. The third-order valence-electron chi connectivity index (χ3n) is 4.30. The molecule has 0 fully saturated rings. The highest BCUT2D eigenvalue weighted by molar-refractivity contribution is 7.99. The number of hydrogen-bond donors (Lipinski definition) is 1. The fourth-order valence-electron chi connectivity index (χ4n) is 2.62. The van der Waals surface area contributed by atoms with E-state index in [1.807, 2.05) is 6.07 Å². The lowest BCUT2D eigenvalue weighted by Crippen LogP contribution is -2.47. The number of hydrogen-bond acceptors (Lipinski definition) is 3. The molecule has 2 aromatic rings. The van der Waals surface area contributed by atoms with E-state index in [4.69, 9.17) is 46.4 Å². The Labute approximate surface area is 194 Å². The third-order valence-corrected chi connectivity index (χ3v) is 6.56. The molecule has 0 spiro atoms. The number of rotatable bonds is 8. The molecule has 2 amide bonds. The van der Waals surface area contributed by atoms with Crippen LogP contribution in [0.5, 0.6) is 0 Å². The van der Waals surface area contributed by atoms with Gasteiger partial charge in [0.15, 0.2) is 0 Å². The van der Waals surface area contributed by atoms with Crippen molar-refractivity contribution in [1.29, 1.82) is 0 Å². The van der Waals surface area contributed by atoms with Crippen molar-refractivity contribution in [2.24, 2.45) is 0 Å². The lowest BCUT2D eigenvalue weighted by Gasteiger charge is -2.29. The summed E-state index contributed by atoms with van der Waals surface area (Å²) < 4.78 is 0. The van der Waals surface area contributed by atoms with Crippen LogP contribution in [-0.4, -0.2) is 35.6 Å². The highest BCUT2D eigenvalue weighted by Gasteiger charge is 2.26. The third kappa shape index (κ3) is 6.69. The number of carbonyl (C=O) groups is 2. The van der Waals surface area contributed by atoms with Crippen molar-refractivity contribution < 1.29 is 9.59 Å². The quantitative estimate of drug-likeness (QED) is 0.513. The van der Waals surface area contributed by atoms with Gasteiger partial charge in [-0.05, 0) is 36.8 Å². The number of thioether (sulfide) groups is 1. The molecule has 2 rings (SSSR count). The molecule has 4 nitrogen and oxygen atoms in total. The summed E-state index contributed by atoms with van der Waals surface area (Å²) in [5.74, 6) is 0.235. The Morgan fingerprint density at radius 3 is 2.31 bits per heavy atom. The average Bonchev–Trinajstić information content (AvgIpc) is 2.68. The van der Waals surface area contributed by atoms with Crippen LogP contribution in [0, 0.1) is 0 Å². The summed E-state index contributed by atoms with van der Waals surface area (Å²) >= 11 is 26.0. The van der Waals surface area contributed by atoms with Crippen molar-refractivity contribution in [2.45, 2.75) is 25.3 Å². The summed E-state index contributed by atoms with van der Waals surface area (Å²) in [5.41, 5.74) is 1.49. The van der Waals surface area contributed by atoms with Gasteiger partial charge < -0.3 is 10.2 Å². The molecule has 0 aromatic heterocycles. The van der Waals surface area contributed by atoms with Gasteiger partial charge in [0.05, 0.1) is 5.75 Å². The van der Waals surface area contributed by atoms with Crippen LogP contribution in [0.15, 0.2) is 36.4 Å². The summed E-state index contributed by atoms with van der Waals surface area (Å²) in [5, 5.41) is 4.57. The predicted molar refractivity (Wildman–Crippen MR) is 123 cm³/mol. The Morgan fingerprint density at radius 1 is 1.07 bits per heavy atom. The molecule has 156 valence electrons. The van der Waals surface area contributed by atoms with Gasteiger partial charge in [-0.2, -0.15) is 0 Å². The van der Waals surface area contributed by atoms with Gasteiger partial charge in [-0.1, -0.05) is 58.5 Å². The summed E-state index contributed by atoms with van der Waals surface area (Å²) in [6, 6.07) is 9.70. The van der Waals surface area contributed by atoms with E-state index in [-0.39, 0.29) is 24.1 Å². The maximum Gasteiger partial charge on any atom is 0.242 e. The molecule has 0 aliphatic carbocycles. The van der Waals surface area contributed by atoms with Crippen molar-refractivity contribution in [3.8, 4) is 0 Å². The van der Waals surface area contributed by atoms with E-state index in [1.54, 1.807) is 37.3 Å². The standard InChI is InChI=1S/C20H20Cl4N2O2S/c1-12(20(28)25-2)26(9-15-16(22)4-3-5-17(15)23)19(27)11-29-10-13-6-7-14(21)8-18(13)24/h3-8,12H,9-11H2,1-2H3,(H,25,28). The molecule has 9 heteroatoms. The molecular formula is C20H20Cl4N2O2S. The van der Waals surface area contributed by atoms with Crippen LogP contribution >= 0.6 is 58.2 Å².